The fourth-order valence-corrected chi connectivity index (χ4v) is 1.74. The predicted octanol–water partition coefficient (Wildman–Crippen LogP) is 2.91. The Balaban J connectivity index is 2.82. The van der Waals surface area contributed by atoms with Gasteiger partial charge in [-0.15, -0.1) is 0 Å². The Kier molecular flexibility index (Phi) is 2.52. The number of anilines is 1. The van der Waals surface area contributed by atoms with Gasteiger partial charge in [-0.05, 0) is 22.0 Å². The highest BCUT2D eigenvalue weighted by molar-refractivity contribution is 9.10. The molecule has 0 amide bonds. The van der Waals surface area contributed by atoms with E-state index >= 15 is 0 Å². The molecule has 2 aromatic rings. The maximum atomic E-state index is 12.6. The van der Waals surface area contributed by atoms with E-state index in [1.54, 1.807) is 0 Å². The molecule has 0 spiro atoms. The molecule has 2 rings (SSSR count). The Morgan fingerprint density at radius 1 is 1.20 bits per heavy atom. The maximum absolute atomic E-state index is 12.6. The van der Waals surface area contributed by atoms with E-state index in [9.17, 15) is 8.78 Å². The van der Waals surface area contributed by atoms with Crippen molar-refractivity contribution in [3.8, 4) is 0 Å². The van der Waals surface area contributed by atoms with Crippen molar-refractivity contribution in [3.63, 3.8) is 0 Å². The van der Waals surface area contributed by atoms with Crippen molar-refractivity contribution in [1.82, 2.24) is 9.97 Å². The zero-order valence-electron chi connectivity index (χ0n) is 7.42. The van der Waals surface area contributed by atoms with E-state index < -0.39 is 6.43 Å². The summed E-state index contributed by atoms with van der Waals surface area (Å²) < 4.78 is 25.8. The Morgan fingerprint density at radius 3 is 2.60 bits per heavy atom. The molecule has 0 radical (unpaired) electrons. The number of fused-ring (bicyclic) bond motifs is 1. The SMILES string of the molecule is Nc1cc2c(Br)cnc(C(F)F)c2cn1. The highest BCUT2D eigenvalue weighted by atomic mass is 79.9. The molecule has 0 bridgehead atoms. The van der Waals surface area contributed by atoms with Crippen LogP contribution in [-0.4, -0.2) is 9.97 Å². The fourth-order valence-electron chi connectivity index (χ4n) is 1.31. The summed E-state index contributed by atoms with van der Waals surface area (Å²) in [5, 5.41) is 0.904. The van der Waals surface area contributed by atoms with Crippen LogP contribution in [0.3, 0.4) is 0 Å². The smallest absolute Gasteiger partial charge is 0.281 e. The fraction of sp³-hybridized carbons (Fsp3) is 0.111. The van der Waals surface area contributed by atoms with Crippen LogP contribution in [0, 0.1) is 0 Å². The van der Waals surface area contributed by atoms with Crippen LogP contribution in [0.1, 0.15) is 12.1 Å². The van der Waals surface area contributed by atoms with E-state index in [0.29, 0.717) is 15.2 Å². The van der Waals surface area contributed by atoms with E-state index in [2.05, 4.69) is 25.9 Å². The zero-order valence-corrected chi connectivity index (χ0v) is 9.00. The minimum atomic E-state index is -2.62. The molecule has 0 aliphatic heterocycles. The van der Waals surface area contributed by atoms with Gasteiger partial charge in [-0.3, -0.25) is 4.98 Å². The molecule has 78 valence electrons. The first-order valence-electron chi connectivity index (χ1n) is 4.07. The minimum Gasteiger partial charge on any atom is -0.384 e. The van der Waals surface area contributed by atoms with E-state index in [1.165, 1.54) is 18.5 Å². The summed E-state index contributed by atoms with van der Waals surface area (Å²) in [6.45, 7) is 0. The van der Waals surface area contributed by atoms with Crippen LogP contribution in [0.15, 0.2) is 22.9 Å². The number of pyridine rings is 2. The van der Waals surface area contributed by atoms with Crippen LogP contribution in [0.4, 0.5) is 14.6 Å². The number of alkyl halides is 2. The number of halogens is 3. The minimum absolute atomic E-state index is 0.277. The molecule has 2 N–H and O–H groups in total. The summed E-state index contributed by atoms with van der Waals surface area (Å²) in [5.41, 5.74) is 5.20. The molecule has 0 aliphatic rings. The first-order valence-corrected chi connectivity index (χ1v) is 4.86. The van der Waals surface area contributed by atoms with Gasteiger partial charge >= 0.3 is 0 Å². The number of hydrogen-bond acceptors (Lipinski definition) is 3. The maximum Gasteiger partial charge on any atom is 0.281 e. The third-order valence-corrected chi connectivity index (χ3v) is 2.61. The van der Waals surface area contributed by atoms with Gasteiger partial charge < -0.3 is 5.73 Å². The average molecular weight is 274 g/mol. The summed E-state index contributed by atoms with van der Waals surface area (Å²) in [5.74, 6) is 0.287. The normalized spacial score (nSPS) is 11.2. The van der Waals surface area contributed by atoms with E-state index in [-0.39, 0.29) is 11.5 Å². The molecule has 2 heterocycles. The van der Waals surface area contributed by atoms with Gasteiger partial charge in [-0.1, -0.05) is 0 Å². The molecule has 0 aliphatic carbocycles. The van der Waals surface area contributed by atoms with Crippen LogP contribution in [0.25, 0.3) is 10.8 Å². The van der Waals surface area contributed by atoms with E-state index in [1.807, 2.05) is 0 Å². The lowest BCUT2D eigenvalue weighted by Crippen LogP contribution is -1.95. The van der Waals surface area contributed by atoms with Crippen LogP contribution < -0.4 is 5.73 Å². The Bertz CT molecular complexity index is 516. The average Bonchev–Trinajstić information content (AvgIpc) is 2.19. The molecule has 0 atom stereocenters. The molecular weight excluding hydrogens is 268 g/mol. The van der Waals surface area contributed by atoms with Gasteiger partial charge in [0.05, 0.1) is 0 Å². The first-order chi connectivity index (χ1) is 7.09. The molecule has 15 heavy (non-hydrogen) atoms. The molecule has 3 nitrogen and oxygen atoms in total. The highest BCUT2D eigenvalue weighted by Crippen LogP contribution is 2.30. The number of nitrogens with two attached hydrogens (primary N) is 1. The summed E-state index contributed by atoms with van der Waals surface area (Å²) in [6, 6.07) is 1.53. The van der Waals surface area contributed by atoms with Gasteiger partial charge in [0, 0.05) is 27.6 Å². The lowest BCUT2D eigenvalue weighted by molar-refractivity contribution is 0.148. The summed E-state index contributed by atoms with van der Waals surface area (Å²) in [4.78, 5) is 7.43. The summed E-state index contributed by atoms with van der Waals surface area (Å²) in [7, 11) is 0. The Morgan fingerprint density at radius 2 is 1.93 bits per heavy atom. The molecule has 0 saturated heterocycles. The lowest BCUT2D eigenvalue weighted by atomic mass is 10.1. The van der Waals surface area contributed by atoms with Gasteiger partial charge in [0.2, 0.25) is 0 Å². The third kappa shape index (κ3) is 1.77. The molecule has 0 unspecified atom stereocenters. The number of nitrogens with zero attached hydrogens (tertiary/aromatic N) is 2. The lowest BCUT2D eigenvalue weighted by Gasteiger charge is -2.06. The number of nitrogen functional groups attached to an aromatic ring is 1. The first kappa shape index (κ1) is 10.2. The van der Waals surface area contributed by atoms with Gasteiger partial charge in [-0.2, -0.15) is 0 Å². The van der Waals surface area contributed by atoms with E-state index in [0.717, 1.165) is 0 Å². The summed E-state index contributed by atoms with van der Waals surface area (Å²) >= 11 is 3.22. The second-order valence-electron chi connectivity index (χ2n) is 2.95. The molecule has 0 aromatic carbocycles. The van der Waals surface area contributed by atoms with Crippen LogP contribution in [0.5, 0.6) is 0 Å². The zero-order chi connectivity index (χ0) is 11.0. The van der Waals surface area contributed by atoms with Crippen molar-refractivity contribution >= 4 is 32.5 Å². The quantitative estimate of drug-likeness (QED) is 0.869. The third-order valence-electron chi connectivity index (χ3n) is 1.98. The number of hydrogen-bond donors (Lipinski definition) is 1. The summed E-state index contributed by atoms with van der Waals surface area (Å²) in [6.07, 6.45) is 0.0266. The van der Waals surface area contributed by atoms with Crippen molar-refractivity contribution in [2.75, 3.05) is 5.73 Å². The van der Waals surface area contributed by atoms with Gasteiger partial charge in [0.1, 0.15) is 11.5 Å². The van der Waals surface area contributed by atoms with Crippen molar-refractivity contribution in [3.05, 3.63) is 28.6 Å². The highest BCUT2D eigenvalue weighted by Gasteiger charge is 2.15. The standard InChI is InChI=1S/C9H6BrF2N3/c10-6-3-15-8(9(11)12)5-2-14-7(13)1-4(5)6/h1-3,9H,(H2,13,14). The number of rotatable bonds is 1. The van der Waals surface area contributed by atoms with Crippen LogP contribution >= 0.6 is 15.9 Å². The Hall–Kier alpha value is -1.30. The topological polar surface area (TPSA) is 51.8 Å². The second-order valence-corrected chi connectivity index (χ2v) is 3.80. The van der Waals surface area contributed by atoms with Crippen molar-refractivity contribution in [2.24, 2.45) is 0 Å². The second kappa shape index (κ2) is 3.69. The number of aromatic nitrogens is 2. The molecule has 0 saturated carbocycles. The van der Waals surface area contributed by atoms with Crippen LogP contribution in [-0.2, 0) is 0 Å². The predicted molar refractivity (Wildman–Crippen MR) is 56.6 cm³/mol. The largest absolute Gasteiger partial charge is 0.384 e. The van der Waals surface area contributed by atoms with Crippen LogP contribution in [0.2, 0.25) is 0 Å². The molecular formula is C9H6BrF2N3. The van der Waals surface area contributed by atoms with E-state index in [4.69, 9.17) is 5.73 Å². The monoisotopic (exact) mass is 273 g/mol. The Labute approximate surface area is 92.5 Å². The molecule has 6 heteroatoms. The van der Waals surface area contributed by atoms with Crippen molar-refractivity contribution in [1.29, 1.82) is 0 Å². The van der Waals surface area contributed by atoms with Gasteiger partial charge in [0.25, 0.3) is 6.43 Å². The van der Waals surface area contributed by atoms with Crippen molar-refractivity contribution in [2.45, 2.75) is 6.43 Å². The van der Waals surface area contributed by atoms with Crippen molar-refractivity contribution < 1.29 is 8.78 Å². The molecule has 2 aromatic heterocycles. The molecule has 0 fully saturated rings. The van der Waals surface area contributed by atoms with Gasteiger partial charge in [0.15, 0.2) is 0 Å². The van der Waals surface area contributed by atoms with Gasteiger partial charge in [-0.25, -0.2) is 13.8 Å².